The summed E-state index contributed by atoms with van der Waals surface area (Å²) in [6, 6.07) is 17.7. The third kappa shape index (κ3) is 3.34. The van der Waals surface area contributed by atoms with Crippen molar-refractivity contribution in [2.24, 2.45) is 0 Å². The van der Waals surface area contributed by atoms with Crippen LogP contribution in [-0.4, -0.2) is 41.2 Å². The van der Waals surface area contributed by atoms with Crippen LogP contribution in [0.15, 0.2) is 54.6 Å². The van der Waals surface area contributed by atoms with E-state index in [1.54, 1.807) is 12.1 Å². The highest BCUT2D eigenvalue weighted by molar-refractivity contribution is 5.95. The molecule has 0 aliphatic heterocycles. The van der Waals surface area contributed by atoms with Gasteiger partial charge in [0.05, 0.1) is 5.56 Å². The highest BCUT2D eigenvalue weighted by atomic mass is 16.4. The molecule has 24 heavy (non-hydrogen) atoms. The van der Waals surface area contributed by atoms with Crippen molar-refractivity contribution in [1.82, 2.24) is 9.47 Å². The van der Waals surface area contributed by atoms with Gasteiger partial charge in [0, 0.05) is 23.1 Å². The van der Waals surface area contributed by atoms with E-state index in [-0.39, 0.29) is 0 Å². The number of hydrogen-bond acceptors (Lipinski definition) is 2. The Morgan fingerprint density at radius 3 is 2.50 bits per heavy atom. The summed E-state index contributed by atoms with van der Waals surface area (Å²) in [5.41, 5.74) is 3.69. The van der Waals surface area contributed by atoms with Gasteiger partial charge in [-0.25, -0.2) is 4.79 Å². The summed E-state index contributed by atoms with van der Waals surface area (Å²) in [5, 5.41) is 10.2. The minimum absolute atomic E-state index is 0.326. The Bertz CT molecular complexity index is 851. The van der Waals surface area contributed by atoms with Crippen molar-refractivity contribution in [3.8, 4) is 11.3 Å². The lowest BCUT2D eigenvalue weighted by Gasteiger charge is -2.14. The number of carboxylic acids is 1. The Labute approximate surface area is 141 Å². The average Bonchev–Trinajstić information content (AvgIpc) is 2.93. The summed E-state index contributed by atoms with van der Waals surface area (Å²) in [6.07, 6.45) is 1.04. The number of carboxylic acid groups (broad SMARTS) is 1. The van der Waals surface area contributed by atoms with Crippen LogP contribution in [0, 0.1) is 0 Å². The molecule has 1 heterocycles. The van der Waals surface area contributed by atoms with Gasteiger partial charge in [-0.05, 0) is 56.9 Å². The number of rotatable bonds is 6. The molecule has 124 valence electrons. The Morgan fingerprint density at radius 1 is 1.08 bits per heavy atom. The van der Waals surface area contributed by atoms with Crippen LogP contribution in [0.2, 0.25) is 0 Å². The summed E-state index contributed by atoms with van der Waals surface area (Å²) in [6.45, 7) is 1.92. The van der Waals surface area contributed by atoms with E-state index in [9.17, 15) is 9.90 Å². The first-order valence-corrected chi connectivity index (χ1v) is 8.13. The Hall–Kier alpha value is -2.59. The molecule has 0 unspecified atom stereocenters. The number of fused-ring (bicyclic) bond motifs is 1. The van der Waals surface area contributed by atoms with Gasteiger partial charge in [-0.3, -0.25) is 0 Å². The summed E-state index contributed by atoms with van der Waals surface area (Å²) in [7, 11) is 4.15. The van der Waals surface area contributed by atoms with Crippen molar-refractivity contribution in [3.63, 3.8) is 0 Å². The standard InChI is InChI=1S/C20H22N2O2/c1-21(2)11-6-12-22-18-10-9-16(20(23)24)13-17(18)14-19(22)15-7-4-3-5-8-15/h3-5,7-10,13-14H,6,11-12H2,1-2H3,(H,23,24). The fourth-order valence-electron chi connectivity index (χ4n) is 3.04. The van der Waals surface area contributed by atoms with Crippen LogP contribution in [0.4, 0.5) is 0 Å². The molecule has 3 aromatic rings. The number of benzene rings is 2. The van der Waals surface area contributed by atoms with Crippen LogP contribution in [0.3, 0.4) is 0 Å². The van der Waals surface area contributed by atoms with E-state index in [1.165, 1.54) is 0 Å². The summed E-state index contributed by atoms with van der Waals surface area (Å²) in [5.74, 6) is -0.890. The second-order valence-electron chi connectivity index (χ2n) is 6.28. The van der Waals surface area contributed by atoms with E-state index in [1.807, 2.05) is 24.3 Å². The molecule has 1 aromatic heterocycles. The third-order valence-corrected chi connectivity index (χ3v) is 4.20. The van der Waals surface area contributed by atoms with Gasteiger partial charge in [-0.2, -0.15) is 0 Å². The minimum Gasteiger partial charge on any atom is -0.478 e. The van der Waals surface area contributed by atoms with Crippen LogP contribution < -0.4 is 0 Å². The Kier molecular flexibility index (Phi) is 4.67. The lowest BCUT2D eigenvalue weighted by Crippen LogP contribution is -2.15. The van der Waals surface area contributed by atoms with E-state index in [0.717, 1.165) is 41.7 Å². The molecule has 4 nitrogen and oxygen atoms in total. The molecule has 0 spiro atoms. The molecule has 0 aliphatic rings. The molecule has 3 rings (SSSR count). The monoisotopic (exact) mass is 322 g/mol. The van der Waals surface area contributed by atoms with Crippen molar-refractivity contribution in [3.05, 3.63) is 60.2 Å². The largest absolute Gasteiger partial charge is 0.478 e. The van der Waals surface area contributed by atoms with Crippen molar-refractivity contribution in [1.29, 1.82) is 0 Å². The fourth-order valence-corrected chi connectivity index (χ4v) is 3.04. The summed E-state index contributed by atoms with van der Waals surface area (Å²) < 4.78 is 2.29. The lowest BCUT2D eigenvalue weighted by molar-refractivity contribution is 0.0697. The van der Waals surface area contributed by atoms with Gasteiger partial charge in [-0.1, -0.05) is 30.3 Å². The zero-order valence-corrected chi connectivity index (χ0v) is 14.1. The third-order valence-electron chi connectivity index (χ3n) is 4.20. The fraction of sp³-hybridized carbons (Fsp3) is 0.250. The van der Waals surface area contributed by atoms with Crippen LogP contribution in [0.25, 0.3) is 22.2 Å². The van der Waals surface area contributed by atoms with Crippen LogP contribution in [0.1, 0.15) is 16.8 Å². The maximum Gasteiger partial charge on any atom is 0.335 e. The number of aryl methyl sites for hydroxylation is 1. The number of carbonyl (C=O) groups is 1. The first-order valence-electron chi connectivity index (χ1n) is 8.13. The minimum atomic E-state index is -0.890. The molecule has 0 amide bonds. The number of aromatic carboxylic acids is 1. The normalized spacial score (nSPS) is 11.3. The topological polar surface area (TPSA) is 45.5 Å². The van der Waals surface area contributed by atoms with E-state index in [0.29, 0.717) is 5.56 Å². The highest BCUT2D eigenvalue weighted by Crippen LogP contribution is 2.29. The quantitative estimate of drug-likeness (QED) is 0.747. The molecule has 1 N–H and O–H groups in total. The van der Waals surface area contributed by atoms with Gasteiger partial charge in [0.2, 0.25) is 0 Å². The number of aromatic nitrogens is 1. The second kappa shape index (κ2) is 6.89. The Balaban J connectivity index is 2.08. The van der Waals surface area contributed by atoms with Crippen molar-refractivity contribution >= 4 is 16.9 Å². The summed E-state index contributed by atoms with van der Waals surface area (Å²) in [4.78, 5) is 13.4. The molecule has 0 aliphatic carbocycles. The molecule has 0 radical (unpaired) electrons. The van der Waals surface area contributed by atoms with Crippen LogP contribution in [-0.2, 0) is 6.54 Å². The maximum atomic E-state index is 11.2. The van der Waals surface area contributed by atoms with E-state index in [2.05, 4.69) is 41.8 Å². The smallest absolute Gasteiger partial charge is 0.335 e. The first kappa shape index (κ1) is 16.3. The lowest BCUT2D eigenvalue weighted by atomic mass is 10.1. The number of hydrogen-bond donors (Lipinski definition) is 1. The van der Waals surface area contributed by atoms with Crippen molar-refractivity contribution < 1.29 is 9.90 Å². The molecule has 0 saturated heterocycles. The zero-order valence-electron chi connectivity index (χ0n) is 14.1. The Morgan fingerprint density at radius 2 is 1.83 bits per heavy atom. The predicted octanol–water partition coefficient (Wildman–Crippen LogP) is 3.96. The first-order chi connectivity index (χ1) is 11.6. The van der Waals surface area contributed by atoms with Gasteiger partial charge < -0.3 is 14.6 Å². The van der Waals surface area contributed by atoms with Crippen LogP contribution >= 0.6 is 0 Å². The predicted molar refractivity (Wildman–Crippen MR) is 97.5 cm³/mol. The van der Waals surface area contributed by atoms with E-state index >= 15 is 0 Å². The molecular weight excluding hydrogens is 300 g/mol. The van der Waals surface area contributed by atoms with Gasteiger partial charge in [0.15, 0.2) is 0 Å². The molecule has 4 heteroatoms. The molecule has 0 saturated carbocycles. The van der Waals surface area contributed by atoms with Crippen LogP contribution in [0.5, 0.6) is 0 Å². The average molecular weight is 322 g/mol. The summed E-state index contributed by atoms with van der Waals surface area (Å²) >= 11 is 0. The molecule has 0 fully saturated rings. The van der Waals surface area contributed by atoms with Crippen molar-refractivity contribution in [2.45, 2.75) is 13.0 Å². The van der Waals surface area contributed by atoms with E-state index < -0.39 is 5.97 Å². The SMILES string of the molecule is CN(C)CCCn1c(-c2ccccc2)cc2cc(C(=O)O)ccc21. The molecule has 2 aromatic carbocycles. The van der Waals surface area contributed by atoms with Gasteiger partial charge in [0.1, 0.15) is 0 Å². The van der Waals surface area contributed by atoms with Gasteiger partial charge in [-0.15, -0.1) is 0 Å². The molecule has 0 bridgehead atoms. The molecule has 0 atom stereocenters. The highest BCUT2D eigenvalue weighted by Gasteiger charge is 2.12. The molecular formula is C20H22N2O2. The van der Waals surface area contributed by atoms with Gasteiger partial charge >= 0.3 is 5.97 Å². The maximum absolute atomic E-state index is 11.2. The second-order valence-corrected chi connectivity index (χ2v) is 6.28. The van der Waals surface area contributed by atoms with E-state index in [4.69, 9.17) is 0 Å². The zero-order chi connectivity index (χ0) is 17.1. The van der Waals surface area contributed by atoms with Crippen molar-refractivity contribution in [2.75, 3.05) is 20.6 Å². The van der Waals surface area contributed by atoms with Gasteiger partial charge in [0.25, 0.3) is 0 Å². The number of nitrogens with zero attached hydrogens (tertiary/aromatic N) is 2.